The number of aromatic amines is 1. The van der Waals surface area contributed by atoms with Crippen LogP contribution in [0.3, 0.4) is 0 Å². The molecular formula is C17H20N8O7S. The van der Waals surface area contributed by atoms with Crippen molar-refractivity contribution in [2.45, 2.75) is 43.3 Å². The SMILES string of the molecule is Nc1ncnc2c1ncn2[C@@H]1O[C@H](COS(=O)(=O)NC(=O)c2cc(C3CC3)[nH]n2)[C@@H](O)[C@H]1O. The number of carbonyl (C=O) groups is 1. The van der Waals surface area contributed by atoms with Crippen LogP contribution in [0.4, 0.5) is 5.82 Å². The lowest BCUT2D eigenvalue weighted by molar-refractivity contribution is -0.0468. The van der Waals surface area contributed by atoms with Crippen molar-refractivity contribution in [1.82, 2.24) is 34.4 Å². The van der Waals surface area contributed by atoms with Crippen molar-refractivity contribution in [2.75, 3.05) is 12.3 Å². The highest BCUT2D eigenvalue weighted by Gasteiger charge is 2.45. The van der Waals surface area contributed by atoms with Gasteiger partial charge in [0.25, 0.3) is 5.91 Å². The zero-order valence-electron chi connectivity index (χ0n) is 16.9. The Balaban J connectivity index is 1.23. The van der Waals surface area contributed by atoms with Crippen LogP contribution in [0.15, 0.2) is 18.7 Å². The average molecular weight is 480 g/mol. The maximum atomic E-state index is 12.2. The third-order valence-electron chi connectivity index (χ3n) is 5.45. The number of hydrogen-bond donors (Lipinski definition) is 5. The Kier molecular flexibility index (Phi) is 5.25. The Morgan fingerprint density at radius 2 is 2.09 bits per heavy atom. The number of ether oxygens (including phenoxy) is 1. The smallest absolute Gasteiger partial charge is 0.362 e. The van der Waals surface area contributed by atoms with Gasteiger partial charge >= 0.3 is 10.3 Å². The number of nitrogens with two attached hydrogens (primary N) is 1. The van der Waals surface area contributed by atoms with Crippen molar-refractivity contribution >= 4 is 33.2 Å². The molecule has 0 unspecified atom stereocenters. The maximum Gasteiger partial charge on any atom is 0.362 e. The Bertz CT molecular complexity index is 1300. The first-order valence-electron chi connectivity index (χ1n) is 9.95. The first-order valence-corrected chi connectivity index (χ1v) is 11.4. The molecule has 1 amide bonds. The Hall–Kier alpha value is -3.18. The number of aliphatic hydroxyl groups is 2. The summed E-state index contributed by atoms with van der Waals surface area (Å²) < 4.78 is 37.9. The van der Waals surface area contributed by atoms with Crippen molar-refractivity contribution in [1.29, 1.82) is 0 Å². The van der Waals surface area contributed by atoms with Gasteiger partial charge in [0.15, 0.2) is 23.4 Å². The molecule has 2 aliphatic rings. The van der Waals surface area contributed by atoms with Gasteiger partial charge < -0.3 is 20.7 Å². The highest BCUT2D eigenvalue weighted by atomic mass is 32.2. The summed E-state index contributed by atoms with van der Waals surface area (Å²) in [6.07, 6.45) is -0.853. The summed E-state index contributed by atoms with van der Waals surface area (Å²) in [6.45, 7) is -0.672. The van der Waals surface area contributed by atoms with E-state index in [1.54, 1.807) is 4.72 Å². The molecule has 33 heavy (non-hydrogen) atoms. The number of H-pyrrole nitrogens is 1. The number of rotatable bonds is 7. The van der Waals surface area contributed by atoms with E-state index in [0.717, 1.165) is 18.5 Å². The fraction of sp³-hybridized carbons (Fsp3) is 0.471. The third-order valence-corrected chi connectivity index (χ3v) is 6.33. The first kappa shape index (κ1) is 21.7. The molecule has 3 aromatic heterocycles. The number of carbonyl (C=O) groups excluding carboxylic acids is 1. The van der Waals surface area contributed by atoms with Crippen molar-refractivity contribution < 1.29 is 32.3 Å². The monoisotopic (exact) mass is 480 g/mol. The molecule has 1 saturated heterocycles. The predicted octanol–water partition coefficient (Wildman–Crippen LogP) is -1.68. The Morgan fingerprint density at radius 3 is 2.85 bits per heavy atom. The summed E-state index contributed by atoms with van der Waals surface area (Å²) in [5.74, 6) is -0.538. The lowest BCUT2D eigenvalue weighted by atomic mass is 10.1. The topological polar surface area (TPSA) is 220 Å². The van der Waals surface area contributed by atoms with Crippen LogP contribution in [0.5, 0.6) is 0 Å². The van der Waals surface area contributed by atoms with Gasteiger partial charge in [0.1, 0.15) is 30.2 Å². The fourth-order valence-electron chi connectivity index (χ4n) is 3.56. The second-order valence-corrected chi connectivity index (χ2v) is 9.13. The Labute approximate surface area is 186 Å². The van der Waals surface area contributed by atoms with Crippen LogP contribution < -0.4 is 10.5 Å². The van der Waals surface area contributed by atoms with E-state index in [4.69, 9.17) is 14.7 Å². The minimum atomic E-state index is -4.55. The number of nitrogen functional groups attached to an aromatic ring is 1. The van der Waals surface area contributed by atoms with Crippen LogP contribution in [-0.2, 0) is 19.2 Å². The molecule has 4 atom stereocenters. The largest absolute Gasteiger partial charge is 0.387 e. The second-order valence-electron chi connectivity index (χ2n) is 7.78. The van der Waals surface area contributed by atoms with Gasteiger partial charge in [-0.25, -0.2) is 19.7 Å². The molecule has 6 N–H and O–H groups in total. The Morgan fingerprint density at radius 1 is 1.30 bits per heavy atom. The van der Waals surface area contributed by atoms with Gasteiger partial charge in [-0.05, 0) is 18.9 Å². The fourth-order valence-corrected chi connectivity index (χ4v) is 4.27. The van der Waals surface area contributed by atoms with Gasteiger partial charge in [-0.3, -0.25) is 18.6 Å². The molecular weight excluding hydrogens is 460 g/mol. The molecule has 1 aliphatic carbocycles. The average Bonchev–Trinajstić information content (AvgIpc) is 3.22. The van der Waals surface area contributed by atoms with Gasteiger partial charge in [0.05, 0.1) is 12.9 Å². The van der Waals surface area contributed by atoms with Crippen LogP contribution in [0.1, 0.15) is 41.2 Å². The molecule has 2 fully saturated rings. The minimum absolute atomic E-state index is 0.0926. The van der Waals surface area contributed by atoms with Crippen LogP contribution in [0.25, 0.3) is 11.2 Å². The highest BCUT2D eigenvalue weighted by Crippen LogP contribution is 2.39. The zero-order chi connectivity index (χ0) is 23.3. The molecule has 5 rings (SSSR count). The van der Waals surface area contributed by atoms with E-state index in [0.29, 0.717) is 5.92 Å². The number of amides is 1. The molecule has 4 heterocycles. The maximum absolute atomic E-state index is 12.2. The van der Waals surface area contributed by atoms with E-state index in [1.807, 2.05) is 0 Å². The van der Waals surface area contributed by atoms with Crippen LogP contribution in [0, 0.1) is 0 Å². The van der Waals surface area contributed by atoms with Gasteiger partial charge in [0.2, 0.25) is 0 Å². The molecule has 0 aromatic carbocycles. The summed E-state index contributed by atoms with van der Waals surface area (Å²) in [6, 6.07) is 1.49. The molecule has 0 radical (unpaired) electrons. The van der Waals surface area contributed by atoms with Crippen LogP contribution >= 0.6 is 0 Å². The molecule has 0 bridgehead atoms. The van der Waals surface area contributed by atoms with Crippen molar-refractivity contribution in [3.05, 3.63) is 30.1 Å². The number of nitrogens with one attached hydrogen (secondary N) is 2. The van der Waals surface area contributed by atoms with Gasteiger partial charge in [-0.1, -0.05) is 0 Å². The number of imidazole rings is 1. The van der Waals surface area contributed by atoms with Gasteiger partial charge in [-0.2, -0.15) is 13.5 Å². The molecule has 176 valence electrons. The van der Waals surface area contributed by atoms with Crippen molar-refractivity contribution in [3.63, 3.8) is 0 Å². The summed E-state index contributed by atoms with van der Waals surface area (Å²) in [4.78, 5) is 24.1. The summed E-state index contributed by atoms with van der Waals surface area (Å²) in [7, 11) is -4.55. The first-order chi connectivity index (χ1) is 15.7. The number of aromatic nitrogens is 6. The van der Waals surface area contributed by atoms with Gasteiger partial charge in [0, 0.05) is 11.6 Å². The predicted molar refractivity (Wildman–Crippen MR) is 109 cm³/mol. The van der Waals surface area contributed by atoms with E-state index in [2.05, 4.69) is 25.1 Å². The van der Waals surface area contributed by atoms with E-state index >= 15 is 0 Å². The van der Waals surface area contributed by atoms with Crippen molar-refractivity contribution in [2.24, 2.45) is 0 Å². The number of fused-ring (bicyclic) bond motifs is 1. The lowest BCUT2D eigenvalue weighted by Gasteiger charge is -2.16. The third kappa shape index (κ3) is 4.13. The molecule has 1 aliphatic heterocycles. The molecule has 16 heteroatoms. The summed E-state index contributed by atoms with van der Waals surface area (Å²) >= 11 is 0. The molecule has 0 spiro atoms. The van der Waals surface area contributed by atoms with E-state index < -0.39 is 47.4 Å². The quantitative estimate of drug-likeness (QED) is 0.256. The number of aliphatic hydroxyl groups excluding tert-OH is 2. The molecule has 15 nitrogen and oxygen atoms in total. The normalized spacial score (nSPS) is 25.5. The number of anilines is 1. The molecule has 3 aromatic rings. The lowest BCUT2D eigenvalue weighted by Crippen LogP contribution is -2.38. The van der Waals surface area contributed by atoms with Crippen LogP contribution in [-0.4, -0.2) is 79.2 Å². The highest BCUT2D eigenvalue weighted by molar-refractivity contribution is 7.85. The zero-order valence-corrected chi connectivity index (χ0v) is 17.7. The number of nitrogens with zero attached hydrogens (tertiary/aromatic N) is 5. The second kappa shape index (κ2) is 7.99. The van der Waals surface area contributed by atoms with E-state index in [-0.39, 0.29) is 22.7 Å². The number of hydrogen-bond acceptors (Lipinski definition) is 12. The summed E-state index contributed by atoms with van der Waals surface area (Å²) in [5.41, 5.74) is 6.95. The van der Waals surface area contributed by atoms with E-state index in [9.17, 15) is 23.4 Å². The van der Waals surface area contributed by atoms with Gasteiger partial charge in [-0.15, -0.1) is 0 Å². The summed E-state index contributed by atoms with van der Waals surface area (Å²) in [5, 5.41) is 27.3. The standard InChI is InChI=1S/C17H20N8O7S/c18-14-11-15(20-5-19-14)25(6-21-11)17-13(27)12(26)10(32-17)4-31-33(29,30)24-16(28)9-3-8(22-23-9)7-1-2-7/h3,5-7,10,12-13,17,26-27H,1-2,4H2,(H,22,23)(H,24,28)(H2,18,19,20)/t10-,12-,13-,17-/m1/s1. The molecule has 1 saturated carbocycles. The van der Waals surface area contributed by atoms with Crippen LogP contribution in [0.2, 0.25) is 0 Å². The van der Waals surface area contributed by atoms with Crippen molar-refractivity contribution in [3.8, 4) is 0 Å². The van der Waals surface area contributed by atoms with E-state index in [1.165, 1.54) is 23.3 Å². The minimum Gasteiger partial charge on any atom is -0.387 e.